The van der Waals surface area contributed by atoms with Crippen LogP contribution in [0, 0.1) is 0 Å². The number of para-hydroxylation sites is 1. The van der Waals surface area contributed by atoms with Crippen LogP contribution in [-0.2, 0) is 16.8 Å². The molecule has 1 aliphatic carbocycles. The lowest BCUT2D eigenvalue weighted by molar-refractivity contribution is -0.120. The van der Waals surface area contributed by atoms with E-state index in [9.17, 15) is 9.59 Å². The van der Waals surface area contributed by atoms with Gasteiger partial charge in [0.1, 0.15) is 0 Å². The van der Waals surface area contributed by atoms with Crippen LogP contribution in [-0.4, -0.2) is 42.9 Å². The van der Waals surface area contributed by atoms with Crippen molar-refractivity contribution < 1.29 is 9.59 Å². The Morgan fingerprint density at radius 3 is 2.68 bits per heavy atom. The number of amides is 2. The standard InChI is InChI=1S/C31H32ClN3O2/c1-34-17-5-8-25(34)15-16-33-29(36)23-7-4-6-21(18-23)20-35-28-10-3-2-9-26(28)31(30(35)37)19-27(31)22-11-13-24(32)14-12-22/h2-4,6-7,9-14,18,25,27H,5,8,15-17,19-20H2,1H3,(H,33,36)/t25-,27-,31-/m0/s1. The number of carbonyl (C=O) groups excluding carboxylic acids is 2. The van der Waals surface area contributed by atoms with Gasteiger partial charge >= 0.3 is 0 Å². The van der Waals surface area contributed by atoms with Gasteiger partial charge in [0.15, 0.2) is 0 Å². The summed E-state index contributed by atoms with van der Waals surface area (Å²) in [4.78, 5) is 31.1. The zero-order valence-corrected chi connectivity index (χ0v) is 21.9. The van der Waals surface area contributed by atoms with Crippen molar-refractivity contribution in [2.45, 2.75) is 49.6 Å². The summed E-state index contributed by atoms with van der Waals surface area (Å²) in [5, 5.41) is 3.79. The average Bonchev–Trinajstić information content (AvgIpc) is 3.47. The van der Waals surface area contributed by atoms with Crippen LogP contribution in [0.1, 0.15) is 58.6 Å². The number of benzene rings is 3. The molecule has 3 aliphatic rings. The van der Waals surface area contributed by atoms with Crippen LogP contribution in [0.3, 0.4) is 0 Å². The van der Waals surface area contributed by atoms with E-state index in [1.165, 1.54) is 12.8 Å². The van der Waals surface area contributed by atoms with Gasteiger partial charge in [0.2, 0.25) is 5.91 Å². The molecule has 1 spiro atoms. The number of likely N-dealkylation sites (tertiary alicyclic amines) is 1. The third-order valence-corrected chi connectivity index (χ3v) is 8.75. The highest BCUT2D eigenvalue weighted by Gasteiger charge is 2.67. The average molecular weight is 514 g/mol. The summed E-state index contributed by atoms with van der Waals surface area (Å²) in [7, 11) is 2.16. The van der Waals surface area contributed by atoms with Gasteiger partial charge in [-0.15, -0.1) is 0 Å². The molecule has 5 nitrogen and oxygen atoms in total. The molecule has 1 saturated carbocycles. The highest BCUT2D eigenvalue weighted by molar-refractivity contribution is 6.30. The SMILES string of the molecule is CN1CCC[C@H]1CCNC(=O)c1cccc(CN2C(=O)[C@@]3(C[C@H]3c3ccc(Cl)cc3)c3ccccc32)c1. The zero-order valence-electron chi connectivity index (χ0n) is 21.1. The summed E-state index contributed by atoms with van der Waals surface area (Å²) >= 11 is 6.10. The van der Waals surface area contributed by atoms with Crippen LogP contribution < -0.4 is 10.2 Å². The number of hydrogen-bond donors (Lipinski definition) is 1. The van der Waals surface area contributed by atoms with Gasteiger partial charge in [-0.25, -0.2) is 0 Å². The number of rotatable bonds is 7. The first-order chi connectivity index (χ1) is 18.0. The van der Waals surface area contributed by atoms with E-state index in [4.69, 9.17) is 11.6 Å². The van der Waals surface area contributed by atoms with Crippen LogP contribution in [0.4, 0.5) is 5.69 Å². The Morgan fingerprint density at radius 2 is 1.89 bits per heavy atom. The number of carbonyl (C=O) groups is 2. The number of nitrogens with one attached hydrogen (secondary N) is 1. The van der Waals surface area contributed by atoms with E-state index in [0.717, 1.165) is 41.8 Å². The van der Waals surface area contributed by atoms with E-state index >= 15 is 0 Å². The van der Waals surface area contributed by atoms with Crippen LogP contribution >= 0.6 is 11.6 Å². The molecule has 1 N–H and O–H groups in total. The molecule has 190 valence electrons. The summed E-state index contributed by atoms with van der Waals surface area (Å²) < 4.78 is 0. The Hall–Kier alpha value is -3.15. The molecule has 6 heteroatoms. The van der Waals surface area contributed by atoms with Gasteiger partial charge in [0, 0.05) is 34.8 Å². The Labute approximate surface area is 223 Å². The third-order valence-electron chi connectivity index (χ3n) is 8.50. The highest BCUT2D eigenvalue weighted by atomic mass is 35.5. The third kappa shape index (κ3) is 4.34. The fourth-order valence-electron chi connectivity index (χ4n) is 6.40. The van der Waals surface area contributed by atoms with Crippen molar-refractivity contribution in [1.82, 2.24) is 10.2 Å². The topological polar surface area (TPSA) is 52.7 Å². The molecular formula is C31H32ClN3O2. The van der Waals surface area contributed by atoms with E-state index in [2.05, 4.69) is 23.3 Å². The molecule has 2 heterocycles. The Balaban J connectivity index is 1.17. The maximum Gasteiger partial charge on any atom is 0.251 e. The maximum atomic E-state index is 13.9. The first kappa shape index (κ1) is 24.2. The minimum atomic E-state index is -0.507. The van der Waals surface area contributed by atoms with Crippen molar-refractivity contribution in [3.05, 3.63) is 100 Å². The smallest absolute Gasteiger partial charge is 0.251 e. The van der Waals surface area contributed by atoms with Gasteiger partial charge in [-0.05, 0) is 86.3 Å². The number of fused-ring (bicyclic) bond motifs is 2. The van der Waals surface area contributed by atoms with Crippen LogP contribution in [0.25, 0.3) is 0 Å². The van der Waals surface area contributed by atoms with Crippen LogP contribution in [0.5, 0.6) is 0 Å². The van der Waals surface area contributed by atoms with Gasteiger partial charge in [-0.2, -0.15) is 0 Å². The minimum absolute atomic E-state index is 0.0582. The van der Waals surface area contributed by atoms with Gasteiger partial charge in [-0.1, -0.05) is 54.1 Å². The summed E-state index contributed by atoms with van der Waals surface area (Å²) in [5.41, 5.74) is 4.30. The van der Waals surface area contributed by atoms with Crippen molar-refractivity contribution in [2.24, 2.45) is 0 Å². The van der Waals surface area contributed by atoms with Crippen molar-refractivity contribution in [3.8, 4) is 0 Å². The molecule has 2 fully saturated rings. The fourth-order valence-corrected chi connectivity index (χ4v) is 6.52. The fraction of sp³-hybridized carbons (Fsp3) is 0.355. The van der Waals surface area contributed by atoms with Crippen molar-refractivity contribution in [2.75, 3.05) is 25.0 Å². The molecule has 0 bridgehead atoms. The highest BCUT2D eigenvalue weighted by Crippen LogP contribution is 2.66. The number of hydrogen-bond acceptors (Lipinski definition) is 3. The molecule has 6 rings (SSSR count). The zero-order chi connectivity index (χ0) is 25.6. The predicted octanol–water partition coefficient (Wildman–Crippen LogP) is 5.53. The molecule has 3 atom stereocenters. The summed E-state index contributed by atoms with van der Waals surface area (Å²) in [6.45, 7) is 2.25. The number of nitrogens with zero attached hydrogens (tertiary/aromatic N) is 2. The van der Waals surface area contributed by atoms with E-state index in [1.807, 2.05) is 71.6 Å². The Bertz CT molecular complexity index is 1340. The quantitative estimate of drug-likeness (QED) is 0.452. The lowest BCUT2D eigenvalue weighted by Crippen LogP contribution is -2.33. The number of halogens is 1. The molecule has 37 heavy (non-hydrogen) atoms. The van der Waals surface area contributed by atoms with Gasteiger partial charge in [0.05, 0.1) is 12.0 Å². The lowest BCUT2D eigenvalue weighted by Gasteiger charge is -2.20. The second-order valence-corrected chi connectivity index (χ2v) is 11.1. The van der Waals surface area contributed by atoms with E-state index < -0.39 is 5.41 Å². The molecule has 3 aromatic carbocycles. The number of anilines is 1. The maximum absolute atomic E-state index is 13.9. The van der Waals surface area contributed by atoms with Gasteiger partial charge in [0.25, 0.3) is 5.91 Å². The largest absolute Gasteiger partial charge is 0.352 e. The van der Waals surface area contributed by atoms with Crippen molar-refractivity contribution in [3.63, 3.8) is 0 Å². The first-order valence-corrected chi connectivity index (χ1v) is 13.6. The molecular weight excluding hydrogens is 482 g/mol. The summed E-state index contributed by atoms with van der Waals surface area (Å²) in [6, 6.07) is 24.2. The molecule has 3 aromatic rings. The van der Waals surface area contributed by atoms with Gasteiger partial charge < -0.3 is 15.1 Å². The van der Waals surface area contributed by atoms with E-state index in [-0.39, 0.29) is 17.7 Å². The monoisotopic (exact) mass is 513 g/mol. The molecule has 1 saturated heterocycles. The van der Waals surface area contributed by atoms with Crippen LogP contribution in [0.15, 0.2) is 72.8 Å². The Morgan fingerprint density at radius 1 is 1.08 bits per heavy atom. The van der Waals surface area contributed by atoms with Crippen molar-refractivity contribution >= 4 is 29.1 Å². The summed E-state index contributed by atoms with van der Waals surface area (Å²) in [6.07, 6.45) is 4.21. The minimum Gasteiger partial charge on any atom is -0.352 e. The lowest BCUT2D eigenvalue weighted by atomic mass is 9.92. The molecule has 0 radical (unpaired) electrons. The van der Waals surface area contributed by atoms with E-state index in [0.29, 0.717) is 29.7 Å². The van der Waals surface area contributed by atoms with Crippen molar-refractivity contribution in [1.29, 1.82) is 0 Å². The second-order valence-electron chi connectivity index (χ2n) is 10.7. The normalized spacial score (nSPS) is 24.5. The molecule has 2 amide bonds. The molecule has 0 aromatic heterocycles. The second kappa shape index (κ2) is 9.62. The molecule has 0 unspecified atom stereocenters. The van der Waals surface area contributed by atoms with Crippen LogP contribution in [0.2, 0.25) is 5.02 Å². The first-order valence-electron chi connectivity index (χ1n) is 13.2. The predicted molar refractivity (Wildman–Crippen MR) is 147 cm³/mol. The summed E-state index contributed by atoms with van der Waals surface area (Å²) in [5.74, 6) is 0.237. The molecule has 2 aliphatic heterocycles. The van der Waals surface area contributed by atoms with Gasteiger partial charge in [-0.3, -0.25) is 9.59 Å². The Kier molecular flexibility index (Phi) is 6.29. The van der Waals surface area contributed by atoms with E-state index in [1.54, 1.807) is 0 Å².